The predicted octanol–water partition coefficient (Wildman–Crippen LogP) is 3.01. The summed E-state index contributed by atoms with van der Waals surface area (Å²) in [6.45, 7) is 0. The Labute approximate surface area is 130 Å². The molecule has 0 atom stereocenters. The monoisotopic (exact) mass is 340 g/mol. The van der Waals surface area contributed by atoms with Crippen LogP contribution in [-0.4, -0.2) is 23.0 Å². The zero-order chi connectivity index (χ0) is 17.6. The number of hydrazone groups is 1. The summed E-state index contributed by atoms with van der Waals surface area (Å²) in [7, 11) is 0. The molecule has 0 saturated heterocycles. The fourth-order valence-corrected chi connectivity index (χ4v) is 2.13. The van der Waals surface area contributed by atoms with Gasteiger partial charge in [-0.1, -0.05) is 12.1 Å². The summed E-state index contributed by atoms with van der Waals surface area (Å²) < 4.78 is 66.2. The lowest BCUT2D eigenvalue weighted by Gasteiger charge is -2.07. The molecule has 0 unspecified atom stereocenters. The van der Waals surface area contributed by atoms with E-state index in [4.69, 9.17) is 0 Å². The lowest BCUT2D eigenvalue weighted by atomic mass is 10.1. The van der Waals surface area contributed by atoms with Gasteiger partial charge in [-0.15, -0.1) is 0 Å². The quantitative estimate of drug-likeness (QED) is 0.277. The van der Waals surface area contributed by atoms with Crippen LogP contribution in [0.5, 0.6) is 0 Å². The summed E-state index contributed by atoms with van der Waals surface area (Å²) in [5.41, 5.74) is -1.34. The van der Waals surface area contributed by atoms with Crippen molar-refractivity contribution in [1.82, 2.24) is 5.01 Å². The maximum Gasteiger partial charge on any atom is 0.282 e. The van der Waals surface area contributed by atoms with Crippen LogP contribution in [0.2, 0.25) is 0 Å². The van der Waals surface area contributed by atoms with Crippen molar-refractivity contribution in [1.29, 1.82) is 0 Å². The van der Waals surface area contributed by atoms with Crippen LogP contribution in [0.4, 0.5) is 22.0 Å². The van der Waals surface area contributed by atoms with Gasteiger partial charge >= 0.3 is 0 Å². The first kappa shape index (κ1) is 15.8. The highest BCUT2D eigenvalue weighted by Gasteiger charge is 2.35. The van der Waals surface area contributed by atoms with Crippen LogP contribution in [0.15, 0.2) is 29.4 Å². The van der Waals surface area contributed by atoms with E-state index in [2.05, 4.69) is 5.10 Å². The Morgan fingerprint density at radius 1 is 0.750 bits per heavy atom. The van der Waals surface area contributed by atoms with E-state index >= 15 is 0 Å². The number of nitrogens with zero attached hydrogens (tertiary/aromatic N) is 2. The third-order valence-electron chi connectivity index (χ3n) is 3.32. The second kappa shape index (κ2) is 5.52. The number of carbonyl (C=O) groups excluding carboxylic acids is 2. The van der Waals surface area contributed by atoms with Crippen molar-refractivity contribution in [3.63, 3.8) is 0 Å². The lowest BCUT2D eigenvalue weighted by molar-refractivity contribution is 0.0660. The summed E-state index contributed by atoms with van der Waals surface area (Å²) in [6.07, 6.45) is 0.234. The van der Waals surface area contributed by atoms with E-state index in [1.165, 1.54) is 24.3 Å². The van der Waals surface area contributed by atoms with E-state index < -0.39 is 46.5 Å². The number of hydrogen-bond acceptors (Lipinski definition) is 3. The summed E-state index contributed by atoms with van der Waals surface area (Å²) >= 11 is 0. The Hall–Kier alpha value is -3.10. The highest BCUT2D eigenvalue weighted by Crippen LogP contribution is 2.24. The number of amides is 2. The van der Waals surface area contributed by atoms with E-state index in [0.29, 0.717) is 0 Å². The molecule has 4 nitrogen and oxygen atoms in total. The molecule has 0 saturated carbocycles. The molecule has 1 heterocycles. The zero-order valence-corrected chi connectivity index (χ0v) is 11.5. The summed E-state index contributed by atoms with van der Waals surface area (Å²) in [4.78, 5) is 24.0. The number of rotatable bonds is 2. The molecule has 0 fully saturated rings. The van der Waals surface area contributed by atoms with Crippen LogP contribution in [0, 0.1) is 29.1 Å². The van der Waals surface area contributed by atoms with Gasteiger partial charge in [-0.2, -0.15) is 10.1 Å². The fourth-order valence-electron chi connectivity index (χ4n) is 2.13. The molecule has 1 aliphatic rings. The molecule has 0 aliphatic carbocycles. The van der Waals surface area contributed by atoms with Gasteiger partial charge in [0.25, 0.3) is 11.8 Å². The van der Waals surface area contributed by atoms with E-state index in [1.807, 2.05) is 0 Å². The van der Waals surface area contributed by atoms with Crippen LogP contribution in [-0.2, 0) is 0 Å². The number of carbonyl (C=O) groups is 2. The van der Waals surface area contributed by atoms with E-state index in [9.17, 15) is 31.5 Å². The lowest BCUT2D eigenvalue weighted by Crippen LogP contribution is -2.24. The molecule has 2 amide bonds. The van der Waals surface area contributed by atoms with Gasteiger partial charge in [0.15, 0.2) is 23.3 Å². The standard InChI is InChI=1S/C15H5F5N2O2/c16-9-8(10(17)12(19)13(20)11(9)18)5-21-22-14(23)6-3-1-2-4-7(6)15(22)24/h1-5H. The zero-order valence-electron chi connectivity index (χ0n) is 11.5. The average molecular weight is 340 g/mol. The second-order valence-corrected chi connectivity index (χ2v) is 4.70. The first-order chi connectivity index (χ1) is 11.3. The number of halogens is 5. The molecule has 3 rings (SSSR count). The van der Waals surface area contributed by atoms with Crippen molar-refractivity contribution in [3.8, 4) is 0 Å². The van der Waals surface area contributed by atoms with Crippen LogP contribution < -0.4 is 0 Å². The van der Waals surface area contributed by atoms with Crippen LogP contribution in [0.3, 0.4) is 0 Å². The average Bonchev–Trinajstić information content (AvgIpc) is 2.83. The molecule has 2 aromatic rings. The Kier molecular flexibility index (Phi) is 3.63. The summed E-state index contributed by atoms with van der Waals surface area (Å²) in [5.74, 6) is -12.6. The van der Waals surface area contributed by atoms with Crippen molar-refractivity contribution in [2.24, 2.45) is 5.10 Å². The molecular formula is C15H5F5N2O2. The molecule has 0 N–H and O–H groups in total. The second-order valence-electron chi connectivity index (χ2n) is 4.70. The van der Waals surface area contributed by atoms with Crippen molar-refractivity contribution in [2.45, 2.75) is 0 Å². The maximum absolute atomic E-state index is 13.5. The van der Waals surface area contributed by atoms with Gasteiger partial charge in [-0.05, 0) is 12.1 Å². The molecular weight excluding hydrogens is 335 g/mol. The first-order valence-electron chi connectivity index (χ1n) is 6.37. The van der Waals surface area contributed by atoms with Gasteiger partial charge in [-0.25, -0.2) is 22.0 Å². The number of benzene rings is 2. The maximum atomic E-state index is 13.5. The molecule has 2 aromatic carbocycles. The van der Waals surface area contributed by atoms with Gasteiger partial charge in [0.05, 0.1) is 22.9 Å². The van der Waals surface area contributed by atoms with Crippen molar-refractivity contribution in [3.05, 3.63) is 70.0 Å². The number of hydrogen-bond donors (Lipinski definition) is 0. The third-order valence-corrected chi connectivity index (χ3v) is 3.32. The molecule has 0 bridgehead atoms. The minimum Gasteiger partial charge on any atom is -0.267 e. The molecule has 0 aromatic heterocycles. The van der Waals surface area contributed by atoms with Crippen LogP contribution in [0.1, 0.15) is 26.3 Å². The largest absolute Gasteiger partial charge is 0.282 e. The highest BCUT2D eigenvalue weighted by atomic mass is 19.2. The van der Waals surface area contributed by atoms with Crippen LogP contribution >= 0.6 is 0 Å². The minimum absolute atomic E-state index is 0.0112. The number of fused-ring (bicyclic) bond motifs is 1. The Morgan fingerprint density at radius 2 is 1.17 bits per heavy atom. The first-order valence-corrected chi connectivity index (χ1v) is 6.37. The highest BCUT2D eigenvalue weighted by molar-refractivity contribution is 6.21. The fraction of sp³-hybridized carbons (Fsp3) is 0. The SMILES string of the molecule is O=C1c2ccccc2C(=O)N1N=Cc1c(F)c(F)c(F)c(F)c1F. The minimum atomic E-state index is -2.32. The van der Waals surface area contributed by atoms with Crippen LogP contribution in [0.25, 0.3) is 0 Å². The Bertz CT molecular complexity index is 862. The molecule has 122 valence electrons. The van der Waals surface area contributed by atoms with Gasteiger partial charge in [-0.3, -0.25) is 9.59 Å². The topological polar surface area (TPSA) is 49.7 Å². The summed E-state index contributed by atoms with van der Waals surface area (Å²) in [6, 6.07) is 5.65. The van der Waals surface area contributed by atoms with Gasteiger partial charge in [0.2, 0.25) is 5.82 Å². The van der Waals surface area contributed by atoms with E-state index in [1.54, 1.807) is 0 Å². The third kappa shape index (κ3) is 2.16. The van der Waals surface area contributed by atoms with E-state index in [0.717, 1.165) is 0 Å². The van der Waals surface area contributed by atoms with Crippen molar-refractivity contribution >= 4 is 18.0 Å². The normalized spacial score (nSPS) is 14.0. The van der Waals surface area contributed by atoms with Crippen molar-refractivity contribution < 1.29 is 31.5 Å². The molecule has 0 spiro atoms. The number of imide groups is 1. The summed E-state index contributed by atoms with van der Waals surface area (Å²) in [5, 5.41) is 3.56. The van der Waals surface area contributed by atoms with Gasteiger partial charge in [0.1, 0.15) is 0 Å². The molecule has 9 heteroatoms. The smallest absolute Gasteiger partial charge is 0.267 e. The Balaban J connectivity index is 2.02. The van der Waals surface area contributed by atoms with Gasteiger partial charge in [0, 0.05) is 0 Å². The molecule has 24 heavy (non-hydrogen) atoms. The predicted molar refractivity (Wildman–Crippen MR) is 70.8 cm³/mol. The van der Waals surface area contributed by atoms with E-state index in [-0.39, 0.29) is 22.4 Å². The van der Waals surface area contributed by atoms with Gasteiger partial charge < -0.3 is 0 Å². The molecule has 0 radical (unpaired) electrons. The van der Waals surface area contributed by atoms with Crippen molar-refractivity contribution in [2.75, 3.05) is 0 Å². The molecule has 1 aliphatic heterocycles. The Morgan fingerprint density at radius 3 is 1.62 bits per heavy atom.